The zero-order valence-corrected chi connectivity index (χ0v) is 11.3. The van der Waals surface area contributed by atoms with Crippen molar-refractivity contribution >= 4 is 6.29 Å². The van der Waals surface area contributed by atoms with E-state index in [1.807, 2.05) is 0 Å². The van der Waals surface area contributed by atoms with Gasteiger partial charge in [-0.05, 0) is 19.4 Å². The molecule has 1 rings (SSSR count). The van der Waals surface area contributed by atoms with Gasteiger partial charge in [0, 0.05) is 26.1 Å². The highest BCUT2D eigenvalue weighted by Gasteiger charge is 2.18. The van der Waals surface area contributed by atoms with Gasteiger partial charge in [0.05, 0.1) is 33.0 Å². The number of rotatable bonds is 10. The maximum atomic E-state index is 10.7. The largest absolute Gasteiger partial charge is 0.382 e. The summed E-state index contributed by atoms with van der Waals surface area (Å²) in [7, 11) is 1.66. The van der Waals surface area contributed by atoms with Crippen LogP contribution < -0.4 is 0 Å². The molecule has 0 bridgehead atoms. The molecule has 1 fully saturated rings. The van der Waals surface area contributed by atoms with Gasteiger partial charge in [-0.15, -0.1) is 0 Å². The van der Waals surface area contributed by atoms with E-state index >= 15 is 0 Å². The van der Waals surface area contributed by atoms with E-state index < -0.39 is 0 Å². The Bertz CT molecular complexity index is 213. The van der Waals surface area contributed by atoms with Crippen molar-refractivity contribution in [3.05, 3.63) is 0 Å². The summed E-state index contributed by atoms with van der Waals surface area (Å²) < 4.78 is 15.6. The molecular weight excluding hydrogens is 234 g/mol. The van der Waals surface area contributed by atoms with Gasteiger partial charge in [0.25, 0.3) is 0 Å². The predicted octanol–water partition coefficient (Wildman–Crippen LogP) is 0.577. The van der Waals surface area contributed by atoms with Crippen molar-refractivity contribution < 1.29 is 19.0 Å². The predicted molar refractivity (Wildman–Crippen MR) is 68.7 cm³/mol. The molecule has 18 heavy (non-hydrogen) atoms. The van der Waals surface area contributed by atoms with E-state index in [2.05, 4.69) is 4.90 Å². The molecule has 0 N–H and O–H groups in total. The molecule has 1 atom stereocenters. The molecule has 1 saturated heterocycles. The summed E-state index contributed by atoms with van der Waals surface area (Å²) in [5, 5.41) is 0. The van der Waals surface area contributed by atoms with E-state index in [9.17, 15) is 4.79 Å². The minimum absolute atomic E-state index is 0.219. The standard InChI is InChI=1S/C13H25NO4/c1-16-7-8-18-10-9-17-6-5-14-4-2-3-13(11-14)12-15/h12-13H,2-11H2,1H3. The van der Waals surface area contributed by atoms with E-state index in [1.54, 1.807) is 7.11 Å². The molecule has 5 nitrogen and oxygen atoms in total. The topological polar surface area (TPSA) is 48.0 Å². The van der Waals surface area contributed by atoms with Crippen molar-refractivity contribution in [2.45, 2.75) is 12.8 Å². The Kier molecular flexibility index (Phi) is 9.02. The molecule has 0 aromatic rings. The maximum absolute atomic E-state index is 10.7. The normalized spacial score (nSPS) is 21.1. The summed E-state index contributed by atoms with van der Waals surface area (Å²) in [6.07, 6.45) is 3.23. The molecule has 0 aliphatic carbocycles. The molecule has 0 amide bonds. The van der Waals surface area contributed by atoms with E-state index in [0.29, 0.717) is 33.0 Å². The number of likely N-dealkylation sites (tertiary alicyclic amines) is 1. The molecule has 0 spiro atoms. The fraction of sp³-hybridized carbons (Fsp3) is 0.923. The van der Waals surface area contributed by atoms with Crippen LogP contribution in [-0.4, -0.2) is 71.0 Å². The third-order valence-corrected chi connectivity index (χ3v) is 3.09. The lowest BCUT2D eigenvalue weighted by atomic mass is 10.00. The summed E-state index contributed by atoms with van der Waals surface area (Å²) in [5.41, 5.74) is 0. The first kappa shape index (κ1) is 15.6. The van der Waals surface area contributed by atoms with Crippen LogP contribution in [0.4, 0.5) is 0 Å². The number of hydrogen-bond acceptors (Lipinski definition) is 5. The highest BCUT2D eigenvalue weighted by atomic mass is 16.5. The lowest BCUT2D eigenvalue weighted by Crippen LogP contribution is -2.38. The van der Waals surface area contributed by atoms with Crippen molar-refractivity contribution in [2.75, 3.05) is 59.8 Å². The van der Waals surface area contributed by atoms with Crippen molar-refractivity contribution in [1.82, 2.24) is 4.90 Å². The van der Waals surface area contributed by atoms with Gasteiger partial charge in [-0.1, -0.05) is 0 Å². The Hall–Kier alpha value is -0.490. The molecule has 1 unspecified atom stereocenters. The van der Waals surface area contributed by atoms with Crippen LogP contribution in [0.15, 0.2) is 0 Å². The molecule has 0 aromatic heterocycles. The van der Waals surface area contributed by atoms with Crippen LogP contribution in [0.2, 0.25) is 0 Å². The van der Waals surface area contributed by atoms with Gasteiger partial charge in [-0.3, -0.25) is 0 Å². The van der Waals surface area contributed by atoms with E-state index in [0.717, 1.165) is 38.8 Å². The Labute approximate surface area is 109 Å². The van der Waals surface area contributed by atoms with E-state index in [1.165, 1.54) is 0 Å². The number of carbonyl (C=O) groups is 1. The van der Waals surface area contributed by atoms with Gasteiger partial charge in [0.15, 0.2) is 0 Å². The highest BCUT2D eigenvalue weighted by molar-refractivity contribution is 5.53. The SMILES string of the molecule is COCCOCCOCCN1CCCC(C=O)C1. The van der Waals surface area contributed by atoms with Crippen LogP contribution in [0.3, 0.4) is 0 Å². The van der Waals surface area contributed by atoms with Gasteiger partial charge in [-0.25, -0.2) is 0 Å². The summed E-state index contributed by atoms with van der Waals surface area (Å²) in [5.74, 6) is 0.219. The van der Waals surface area contributed by atoms with Crippen LogP contribution in [0.25, 0.3) is 0 Å². The van der Waals surface area contributed by atoms with Crippen molar-refractivity contribution in [3.63, 3.8) is 0 Å². The zero-order chi connectivity index (χ0) is 13.1. The monoisotopic (exact) mass is 259 g/mol. The van der Waals surface area contributed by atoms with Gasteiger partial charge in [0.1, 0.15) is 6.29 Å². The summed E-state index contributed by atoms with van der Waals surface area (Å²) in [6.45, 7) is 6.06. The Balaban J connectivity index is 1.89. The molecule has 106 valence electrons. The van der Waals surface area contributed by atoms with Crippen molar-refractivity contribution in [1.29, 1.82) is 0 Å². The second-order valence-corrected chi connectivity index (χ2v) is 4.56. The second kappa shape index (κ2) is 10.4. The van der Waals surface area contributed by atoms with E-state index in [4.69, 9.17) is 14.2 Å². The maximum Gasteiger partial charge on any atom is 0.124 e. The van der Waals surface area contributed by atoms with Crippen LogP contribution in [0, 0.1) is 5.92 Å². The average Bonchev–Trinajstić information content (AvgIpc) is 2.42. The Morgan fingerprint density at radius 3 is 2.61 bits per heavy atom. The number of carbonyl (C=O) groups excluding carboxylic acids is 1. The third kappa shape index (κ3) is 7.06. The molecule has 1 heterocycles. The minimum Gasteiger partial charge on any atom is -0.382 e. The smallest absolute Gasteiger partial charge is 0.124 e. The van der Waals surface area contributed by atoms with Gasteiger partial charge >= 0.3 is 0 Å². The van der Waals surface area contributed by atoms with E-state index in [-0.39, 0.29) is 5.92 Å². The molecule has 5 heteroatoms. The Morgan fingerprint density at radius 2 is 1.89 bits per heavy atom. The van der Waals surface area contributed by atoms with Gasteiger partial charge in [0.2, 0.25) is 0 Å². The lowest BCUT2D eigenvalue weighted by Gasteiger charge is -2.29. The molecule has 1 aliphatic heterocycles. The molecule has 1 aliphatic rings. The first-order chi connectivity index (χ1) is 8.86. The fourth-order valence-corrected chi connectivity index (χ4v) is 2.06. The summed E-state index contributed by atoms with van der Waals surface area (Å²) in [6, 6.07) is 0. The van der Waals surface area contributed by atoms with Crippen molar-refractivity contribution in [3.8, 4) is 0 Å². The average molecular weight is 259 g/mol. The summed E-state index contributed by atoms with van der Waals surface area (Å²) in [4.78, 5) is 13.0. The number of aldehydes is 1. The van der Waals surface area contributed by atoms with Gasteiger partial charge < -0.3 is 23.9 Å². The van der Waals surface area contributed by atoms with Gasteiger partial charge in [-0.2, -0.15) is 0 Å². The minimum atomic E-state index is 0.219. The number of ether oxygens (including phenoxy) is 3. The van der Waals surface area contributed by atoms with Crippen LogP contribution in [0.5, 0.6) is 0 Å². The third-order valence-electron chi connectivity index (χ3n) is 3.09. The van der Waals surface area contributed by atoms with Crippen LogP contribution >= 0.6 is 0 Å². The molecular formula is C13H25NO4. The number of hydrogen-bond donors (Lipinski definition) is 0. The second-order valence-electron chi connectivity index (χ2n) is 4.56. The molecule has 0 saturated carbocycles. The first-order valence-corrected chi connectivity index (χ1v) is 6.69. The van der Waals surface area contributed by atoms with Crippen LogP contribution in [-0.2, 0) is 19.0 Å². The quantitative estimate of drug-likeness (QED) is 0.424. The number of piperidine rings is 1. The summed E-state index contributed by atoms with van der Waals surface area (Å²) >= 11 is 0. The number of methoxy groups -OCH3 is 1. The Morgan fingerprint density at radius 1 is 1.17 bits per heavy atom. The molecule has 0 radical (unpaired) electrons. The van der Waals surface area contributed by atoms with Crippen molar-refractivity contribution in [2.24, 2.45) is 5.92 Å². The molecule has 0 aromatic carbocycles. The zero-order valence-electron chi connectivity index (χ0n) is 11.3. The first-order valence-electron chi connectivity index (χ1n) is 6.69. The van der Waals surface area contributed by atoms with Crippen LogP contribution in [0.1, 0.15) is 12.8 Å². The highest BCUT2D eigenvalue weighted by Crippen LogP contribution is 2.13. The fourth-order valence-electron chi connectivity index (χ4n) is 2.06. The number of nitrogens with zero attached hydrogens (tertiary/aromatic N) is 1. The lowest BCUT2D eigenvalue weighted by molar-refractivity contribution is -0.112.